The Balaban J connectivity index is 4.01. The molecule has 0 saturated carbocycles. The predicted octanol–water partition coefficient (Wildman–Crippen LogP) is 0.350. The van der Waals surface area contributed by atoms with Crippen molar-refractivity contribution in [3.8, 4) is 0 Å². The van der Waals surface area contributed by atoms with E-state index in [0.717, 1.165) is 0 Å². The summed E-state index contributed by atoms with van der Waals surface area (Å²) in [5.41, 5.74) is 0. The first-order chi connectivity index (χ1) is 4.09. The van der Waals surface area contributed by atoms with Crippen molar-refractivity contribution in [1.29, 1.82) is 0 Å². The van der Waals surface area contributed by atoms with Crippen molar-refractivity contribution >= 4 is 5.96 Å². The van der Waals surface area contributed by atoms with Gasteiger partial charge in [-0.1, -0.05) is 9.70 Å². The van der Waals surface area contributed by atoms with Crippen LogP contribution in [0.2, 0.25) is 0 Å². The molecule has 0 spiro atoms. The largest absolute Gasteiger partial charge is 0.347 e. The molecule has 3 nitrogen and oxygen atoms in total. The lowest BCUT2D eigenvalue weighted by molar-refractivity contribution is 0.429. The van der Waals surface area contributed by atoms with Gasteiger partial charge in [0.1, 0.15) is 0 Å². The summed E-state index contributed by atoms with van der Waals surface area (Å²) in [6.07, 6.45) is 0. The average molecular weight is 133 g/mol. The molecule has 0 unspecified atom stereocenters. The van der Waals surface area contributed by atoms with E-state index in [-0.39, 0.29) is 0 Å². The van der Waals surface area contributed by atoms with Crippen molar-refractivity contribution in [2.45, 2.75) is 0 Å². The average Bonchev–Trinajstić information content (AvgIpc) is 1.64. The van der Waals surface area contributed by atoms with Crippen LogP contribution in [0.5, 0.6) is 0 Å². The summed E-state index contributed by atoms with van der Waals surface area (Å²) < 4.78 is 11.7. The maximum atomic E-state index is 11.7. The smallest absolute Gasteiger partial charge is 0.231 e. The van der Waals surface area contributed by atoms with Gasteiger partial charge in [-0.2, -0.15) is 0 Å². The summed E-state index contributed by atoms with van der Waals surface area (Å²) in [5.74, 6) is 0.315. The van der Waals surface area contributed by atoms with Gasteiger partial charge in [-0.05, 0) is 0 Å². The molecule has 0 aliphatic carbocycles. The molecule has 0 atom stereocenters. The Hall–Kier alpha value is -0.800. The molecule has 0 fully saturated rings. The summed E-state index contributed by atoms with van der Waals surface area (Å²) in [4.78, 5) is 3.19. The van der Waals surface area contributed by atoms with Crippen LogP contribution in [-0.2, 0) is 0 Å². The van der Waals surface area contributed by atoms with Crippen molar-refractivity contribution in [1.82, 2.24) is 9.80 Å². The molecular weight excluding hydrogens is 121 g/mol. The molecule has 0 aliphatic heterocycles. The highest BCUT2D eigenvalue weighted by atomic mass is 19.2. The van der Waals surface area contributed by atoms with E-state index in [2.05, 4.69) is 5.21 Å². The first-order valence-electron chi connectivity index (χ1n) is 2.63. The minimum atomic E-state index is 0.315. The Morgan fingerprint density at radius 1 is 1.11 bits per heavy atom. The van der Waals surface area contributed by atoms with Crippen LogP contribution in [0, 0.1) is 0 Å². The molecule has 0 aromatic heterocycles. The summed E-state index contributed by atoms with van der Waals surface area (Å²) in [6.45, 7) is 0. The lowest BCUT2D eigenvalue weighted by Gasteiger charge is -2.19. The zero-order chi connectivity index (χ0) is 7.44. The van der Waals surface area contributed by atoms with Crippen molar-refractivity contribution in [3.05, 3.63) is 0 Å². The van der Waals surface area contributed by atoms with Gasteiger partial charge in [0, 0.05) is 28.2 Å². The van der Waals surface area contributed by atoms with Crippen LogP contribution >= 0.6 is 0 Å². The standard InChI is InChI=1S/C5H12FN3/c1-8(2)5(7-6)9(3)4/h1-4H3. The molecular formula is C5H12FN3. The van der Waals surface area contributed by atoms with Crippen molar-refractivity contribution in [2.75, 3.05) is 28.2 Å². The maximum Gasteiger partial charge on any atom is 0.231 e. The third-order valence-corrected chi connectivity index (χ3v) is 0.876. The molecule has 0 radical (unpaired) electrons. The van der Waals surface area contributed by atoms with E-state index in [9.17, 15) is 4.48 Å². The topological polar surface area (TPSA) is 18.8 Å². The molecule has 0 aromatic carbocycles. The highest BCUT2D eigenvalue weighted by Crippen LogP contribution is 1.87. The van der Waals surface area contributed by atoms with Gasteiger partial charge in [0.25, 0.3) is 0 Å². The number of halogens is 1. The second-order valence-corrected chi connectivity index (χ2v) is 2.17. The van der Waals surface area contributed by atoms with Crippen molar-refractivity contribution in [3.63, 3.8) is 0 Å². The molecule has 4 heteroatoms. The fourth-order valence-corrected chi connectivity index (χ4v) is 0.551. The highest BCUT2D eigenvalue weighted by molar-refractivity contribution is 5.78. The number of hydrogen-bond acceptors (Lipinski definition) is 1. The summed E-state index contributed by atoms with van der Waals surface area (Å²) in [6, 6.07) is 0. The van der Waals surface area contributed by atoms with Gasteiger partial charge >= 0.3 is 0 Å². The number of rotatable bonds is 0. The van der Waals surface area contributed by atoms with Gasteiger partial charge in [0.15, 0.2) is 0 Å². The van der Waals surface area contributed by atoms with Crippen LogP contribution in [0.15, 0.2) is 5.21 Å². The van der Waals surface area contributed by atoms with Gasteiger partial charge in [-0.25, -0.2) is 0 Å². The first kappa shape index (κ1) is 8.20. The molecule has 0 aromatic rings. The number of nitrogens with zero attached hydrogens (tertiary/aromatic N) is 3. The fraction of sp³-hybridized carbons (Fsp3) is 0.800. The number of hydrogen-bond donors (Lipinski definition) is 0. The summed E-state index contributed by atoms with van der Waals surface area (Å²) in [7, 11) is 6.94. The van der Waals surface area contributed by atoms with Gasteiger partial charge < -0.3 is 9.80 Å². The SMILES string of the molecule is CN(C)C(=NF)N(C)C. The monoisotopic (exact) mass is 133 g/mol. The third-order valence-electron chi connectivity index (χ3n) is 0.876. The first-order valence-corrected chi connectivity index (χ1v) is 2.63. The zero-order valence-corrected chi connectivity index (χ0v) is 6.22. The van der Waals surface area contributed by atoms with E-state index in [0.29, 0.717) is 5.96 Å². The molecule has 0 N–H and O–H groups in total. The van der Waals surface area contributed by atoms with Crippen LogP contribution in [0.4, 0.5) is 4.48 Å². The molecule has 9 heavy (non-hydrogen) atoms. The minimum absolute atomic E-state index is 0.315. The summed E-state index contributed by atoms with van der Waals surface area (Å²) in [5, 5.41) is 2.56. The molecule has 0 amide bonds. The fourth-order valence-electron chi connectivity index (χ4n) is 0.551. The van der Waals surface area contributed by atoms with E-state index < -0.39 is 0 Å². The van der Waals surface area contributed by atoms with Gasteiger partial charge in [-0.3, -0.25) is 0 Å². The minimum Gasteiger partial charge on any atom is -0.347 e. The van der Waals surface area contributed by atoms with Crippen LogP contribution < -0.4 is 0 Å². The molecule has 54 valence electrons. The van der Waals surface area contributed by atoms with E-state index in [1.165, 1.54) is 0 Å². The normalized spacial score (nSPS) is 8.56. The molecule has 0 saturated heterocycles. The van der Waals surface area contributed by atoms with Crippen molar-refractivity contribution < 1.29 is 4.48 Å². The number of guanidine groups is 1. The quantitative estimate of drug-likeness (QED) is 0.351. The Morgan fingerprint density at radius 2 is 1.44 bits per heavy atom. The Morgan fingerprint density at radius 3 is 1.44 bits per heavy atom. The lowest BCUT2D eigenvalue weighted by Crippen LogP contribution is -2.34. The Kier molecular flexibility index (Phi) is 2.98. The Bertz CT molecular complexity index is 98.8. The van der Waals surface area contributed by atoms with Gasteiger partial charge in [-0.15, -0.1) is 0 Å². The zero-order valence-electron chi connectivity index (χ0n) is 6.22. The van der Waals surface area contributed by atoms with Gasteiger partial charge in [0.2, 0.25) is 5.96 Å². The van der Waals surface area contributed by atoms with Crippen molar-refractivity contribution in [2.24, 2.45) is 5.21 Å². The predicted molar refractivity (Wildman–Crippen MR) is 35.9 cm³/mol. The van der Waals surface area contributed by atoms with Gasteiger partial charge in [0.05, 0.1) is 0 Å². The van der Waals surface area contributed by atoms with Crippen LogP contribution in [0.1, 0.15) is 0 Å². The molecule has 0 heterocycles. The van der Waals surface area contributed by atoms with Crippen LogP contribution in [0.25, 0.3) is 0 Å². The van der Waals surface area contributed by atoms with Crippen LogP contribution in [-0.4, -0.2) is 44.0 Å². The highest BCUT2D eigenvalue weighted by Gasteiger charge is 2.02. The van der Waals surface area contributed by atoms with Crippen LogP contribution in [0.3, 0.4) is 0 Å². The van der Waals surface area contributed by atoms with E-state index in [4.69, 9.17) is 0 Å². The maximum absolute atomic E-state index is 11.7. The lowest BCUT2D eigenvalue weighted by atomic mass is 10.7. The van der Waals surface area contributed by atoms with E-state index in [1.54, 1.807) is 38.0 Å². The second-order valence-electron chi connectivity index (χ2n) is 2.17. The Labute approximate surface area is 54.7 Å². The molecule has 0 rings (SSSR count). The summed E-state index contributed by atoms with van der Waals surface area (Å²) >= 11 is 0. The third kappa shape index (κ3) is 2.30. The van der Waals surface area contributed by atoms with E-state index in [1.807, 2.05) is 0 Å². The molecule has 0 bridgehead atoms. The second kappa shape index (κ2) is 3.27. The van der Waals surface area contributed by atoms with E-state index >= 15 is 0 Å². The molecule has 0 aliphatic rings.